The van der Waals surface area contributed by atoms with Gasteiger partial charge in [-0.15, -0.1) is 0 Å². The van der Waals surface area contributed by atoms with E-state index in [1.807, 2.05) is 0 Å². The average molecular weight is 803 g/mol. The van der Waals surface area contributed by atoms with Gasteiger partial charge >= 0.3 is 0 Å². The Bertz CT molecular complexity index is 3520. The van der Waals surface area contributed by atoms with E-state index in [1.54, 1.807) is 0 Å². The molecule has 5 aliphatic rings. The van der Waals surface area contributed by atoms with Crippen molar-refractivity contribution >= 4 is 44.3 Å². The number of hydrogen-bond donors (Lipinski definition) is 0. The minimum Gasteiger partial charge on any atom is -0.333 e. The first-order valence-corrected chi connectivity index (χ1v) is 22.5. The van der Waals surface area contributed by atoms with Crippen LogP contribution in [-0.2, 0) is 5.41 Å². The van der Waals surface area contributed by atoms with E-state index in [4.69, 9.17) is 0 Å². The highest BCUT2D eigenvalue weighted by atomic mass is 15.2. The number of aromatic nitrogens is 1. The Balaban J connectivity index is 0.935. The predicted octanol–water partition coefficient (Wildman–Crippen LogP) is 15.1. The molecule has 1 aromatic heterocycles. The molecule has 2 heterocycles. The maximum absolute atomic E-state index is 2.53. The minimum atomic E-state index is -0.328. The molecule has 1 spiro atoms. The third kappa shape index (κ3) is 4.78. The zero-order chi connectivity index (χ0) is 41.2. The van der Waals surface area contributed by atoms with Crippen molar-refractivity contribution in [3.8, 4) is 27.9 Å². The van der Waals surface area contributed by atoms with Gasteiger partial charge in [0.05, 0.1) is 22.5 Å². The predicted molar refractivity (Wildman–Crippen MR) is 262 cm³/mol. The minimum absolute atomic E-state index is 0.230. The van der Waals surface area contributed by atoms with Crippen LogP contribution >= 0.6 is 0 Å². The van der Waals surface area contributed by atoms with Gasteiger partial charge in [-0.1, -0.05) is 158 Å². The summed E-state index contributed by atoms with van der Waals surface area (Å²) in [5, 5.41) is 2.53. The van der Waals surface area contributed by atoms with Crippen LogP contribution in [0.5, 0.6) is 0 Å². The zero-order valence-electron chi connectivity index (χ0n) is 34.7. The van der Waals surface area contributed by atoms with Crippen LogP contribution in [-0.4, -0.2) is 10.6 Å². The van der Waals surface area contributed by atoms with Crippen LogP contribution in [0.3, 0.4) is 0 Å². The number of anilines is 2. The van der Waals surface area contributed by atoms with Crippen molar-refractivity contribution in [1.29, 1.82) is 0 Å². The van der Waals surface area contributed by atoms with Gasteiger partial charge in [-0.2, -0.15) is 0 Å². The van der Waals surface area contributed by atoms with Gasteiger partial charge in [-0.25, -0.2) is 0 Å². The van der Waals surface area contributed by atoms with Crippen molar-refractivity contribution in [2.24, 2.45) is 0 Å². The smallest absolute Gasteiger partial charge is 0.0722 e. The van der Waals surface area contributed by atoms with Crippen molar-refractivity contribution in [3.05, 3.63) is 257 Å². The van der Waals surface area contributed by atoms with Gasteiger partial charge in [0.1, 0.15) is 0 Å². The standard InChI is InChI=1S/C61H42N2/c1-3-15-43(16-4-1)62-57-26-14-10-22-49(57)50-35-39(28-32-58(50)62)40-29-33-59-51(36-40)52-37-41(30-34-60(52)63(59)44-17-5-2-6-18-44)42-27-31-48-47-21-9-13-25-55(47)61(56(48)38-42)53-23-11-7-19-45(53)46-20-8-12-24-54(46)61/h1-7,9-19,21-38,50,58H,8,20H2. The van der Waals surface area contributed by atoms with E-state index in [0.717, 1.165) is 12.8 Å². The van der Waals surface area contributed by atoms with E-state index >= 15 is 0 Å². The Labute approximate surface area is 367 Å². The van der Waals surface area contributed by atoms with Crippen LogP contribution in [0, 0.1) is 0 Å². The molecule has 3 unspecified atom stereocenters. The molecule has 9 aromatic rings. The lowest BCUT2D eigenvalue weighted by molar-refractivity contribution is 0.747. The number of hydrogen-bond acceptors (Lipinski definition) is 1. The number of fused-ring (bicyclic) bond motifs is 15. The fourth-order valence-corrected chi connectivity index (χ4v) is 12.2. The van der Waals surface area contributed by atoms with Crippen LogP contribution in [0.15, 0.2) is 224 Å². The highest BCUT2D eigenvalue weighted by Gasteiger charge is 2.52. The third-order valence-electron chi connectivity index (χ3n) is 14.8. The first-order chi connectivity index (χ1) is 31.3. The molecule has 1 aliphatic heterocycles. The molecule has 0 fully saturated rings. The summed E-state index contributed by atoms with van der Waals surface area (Å²) in [6.45, 7) is 0. The summed E-state index contributed by atoms with van der Waals surface area (Å²) in [7, 11) is 0. The van der Waals surface area contributed by atoms with Gasteiger partial charge in [-0.05, 0) is 146 Å². The van der Waals surface area contributed by atoms with Gasteiger partial charge in [0.2, 0.25) is 0 Å². The fraction of sp³-hybridized carbons (Fsp3) is 0.0820. The maximum Gasteiger partial charge on any atom is 0.0722 e. The molecule has 0 N–H and O–H groups in total. The molecule has 0 radical (unpaired) electrons. The van der Waals surface area contributed by atoms with E-state index in [2.05, 4.69) is 228 Å². The van der Waals surface area contributed by atoms with Crippen LogP contribution in [0.2, 0.25) is 0 Å². The van der Waals surface area contributed by atoms with E-state index in [-0.39, 0.29) is 17.4 Å². The van der Waals surface area contributed by atoms with Crippen LogP contribution in [0.1, 0.15) is 52.1 Å². The van der Waals surface area contributed by atoms with Gasteiger partial charge in [0, 0.05) is 33.8 Å². The normalized spacial score (nSPS) is 19.9. The second-order valence-electron chi connectivity index (χ2n) is 17.8. The highest BCUT2D eigenvalue weighted by Crippen LogP contribution is 2.63. The third-order valence-corrected chi connectivity index (χ3v) is 14.8. The Morgan fingerprint density at radius 3 is 1.92 bits per heavy atom. The molecule has 0 bridgehead atoms. The van der Waals surface area contributed by atoms with Gasteiger partial charge in [0.15, 0.2) is 0 Å². The number of allylic oxidation sites excluding steroid dienone is 6. The average Bonchev–Trinajstić information content (AvgIpc) is 4.06. The molecule has 8 aromatic carbocycles. The molecule has 4 aliphatic carbocycles. The molecule has 14 rings (SSSR count). The Morgan fingerprint density at radius 1 is 0.492 bits per heavy atom. The molecule has 2 nitrogen and oxygen atoms in total. The van der Waals surface area contributed by atoms with Crippen molar-refractivity contribution in [1.82, 2.24) is 4.57 Å². The monoisotopic (exact) mass is 802 g/mol. The SMILES string of the molecule is C1=CC2=C(CC1)c1ccccc1C21c2ccccc2-c2ccc(-c3ccc4c(c3)c3cc(C5=CC6c7ccccc7N(c7ccccc7)C6C=C5)ccc3n4-c3ccccc3)cc21. The lowest BCUT2D eigenvalue weighted by Gasteiger charge is -2.32. The van der Waals surface area contributed by atoms with E-state index in [9.17, 15) is 0 Å². The molecule has 296 valence electrons. The number of nitrogens with zero attached hydrogens (tertiary/aromatic N) is 2. The quantitative estimate of drug-likeness (QED) is 0.172. The first-order valence-electron chi connectivity index (χ1n) is 22.5. The summed E-state index contributed by atoms with van der Waals surface area (Å²) in [5.41, 5.74) is 23.5. The highest BCUT2D eigenvalue weighted by molar-refractivity contribution is 6.11. The maximum atomic E-state index is 2.53. The molecule has 2 heteroatoms. The van der Waals surface area contributed by atoms with Crippen molar-refractivity contribution in [3.63, 3.8) is 0 Å². The number of para-hydroxylation sites is 3. The van der Waals surface area contributed by atoms with Gasteiger partial charge < -0.3 is 9.47 Å². The summed E-state index contributed by atoms with van der Waals surface area (Å²) in [6, 6.07) is 70.8. The second-order valence-corrected chi connectivity index (χ2v) is 17.8. The lowest BCUT2D eigenvalue weighted by Crippen LogP contribution is -2.28. The molecule has 0 saturated carbocycles. The van der Waals surface area contributed by atoms with E-state index < -0.39 is 0 Å². The summed E-state index contributed by atoms with van der Waals surface area (Å²) in [6.07, 6.45) is 14.3. The van der Waals surface area contributed by atoms with Crippen molar-refractivity contribution in [2.75, 3.05) is 4.90 Å². The van der Waals surface area contributed by atoms with E-state index in [0.29, 0.717) is 0 Å². The molecule has 0 saturated heterocycles. The topological polar surface area (TPSA) is 8.17 Å². The number of benzene rings is 8. The molecule has 63 heavy (non-hydrogen) atoms. The lowest BCUT2D eigenvalue weighted by atomic mass is 9.69. The molecular weight excluding hydrogens is 761 g/mol. The Kier molecular flexibility index (Phi) is 7.31. The van der Waals surface area contributed by atoms with E-state index in [1.165, 1.54) is 111 Å². The van der Waals surface area contributed by atoms with Gasteiger partial charge in [0.25, 0.3) is 0 Å². The Morgan fingerprint density at radius 2 is 1.11 bits per heavy atom. The number of rotatable bonds is 4. The zero-order valence-corrected chi connectivity index (χ0v) is 34.7. The van der Waals surface area contributed by atoms with Crippen LogP contribution < -0.4 is 4.90 Å². The van der Waals surface area contributed by atoms with Gasteiger partial charge in [-0.3, -0.25) is 0 Å². The fourth-order valence-electron chi connectivity index (χ4n) is 12.2. The summed E-state index contributed by atoms with van der Waals surface area (Å²) in [4.78, 5) is 2.51. The van der Waals surface area contributed by atoms with Crippen molar-refractivity contribution in [2.45, 2.75) is 30.2 Å². The summed E-state index contributed by atoms with van der Waals surface area (Å²) in [5.74, 6) is 0.256. The molecule has 3 atom stereocenters. The summed E-state index contributed by atoms with van der Waals surface area (Å²) >= 11 is 0. The largest absolute Gasteiger partial charge is 0.333 e. The van der Waals surface area contributed by atoms with Crippen molar-refractivity contribution < 1.29 is 0 Å². The van der Waals surface area contributed by atoms with Crippen LogP contribution in [0.25, 0.3) is 60.9 Å². The Hall–Kier alpha value is -7.68. The molecule has 0 amide bonds. The second kappa shape index (κ2) is 13.2. The first kappa shape index (κ1) is 35.0. The van der Waals surface area contributed by atoms with Crippen LogP contribution in [0.4, 0.5) is 11.4 Å². The summed E-state index contributed by atoms with van der Waals surface area (Å²) < 4.78 is 2.44. The molecular formula is C61H42N2.